The number of hydrogen-bond acceptors (Lipinski definition) is 3. The van der Waals surface area contributed by atoms with Crippen LogP contribution in [0.2, 0.25) is 0 Å². The molecule has 0 aliphatic heterocycles. The topological polar surface area (TPSA) is 41.3 Å². The molecular formula is C12H23N3O. The summed E-state index contributed by atoms with van der Waals surface area (Å²) in [7, 11) is 3.99. The largest absolute Gasteiger partial charge is 0.394 e. The molecule has 1 N–H and O–H groups in total. The summed E-state index contributed by atoms with van der Waals surface area (Å²) in [4.78, 5) is 2.14. The molecule has 1 aromatic heterocycles. The summed E-state index contributed by atoms with van der Waals surface area (Å²) in [5, 5.41) is 13.7. The number of aliphatic hydroxyl groups is 1. The van der Waals surface area contributed by atoms with E-state index in [2.05, 4.69) is 23.0 Å². The first-order valence-corrected chi connectivity index (χ1v) is 5.74. The Kier molecular flexibility index (Phi) is 4.10. The van der Waals surface area contributed by atoms with Gasteiger partial charge in [0.1, 0.15) is 0 Å². The lowest BCUT2D eigenvalue weighted by molar-refractivity contribution is 0.0716. The number of aryl methyl sites for hydroxylation is 2. The van der Waals surface area contributed by atoms with Crippen molar-refractivity contribution >= 4 is 0 Å². The molecule has 0 aromatic carbocycles. The maximum Gasteiger partial charge on any atom is 0.0625 e. The van der Waals surface area contributed by atoms with Gasteiger partial charge >= 0.3 is 0 Å². The average molecular weight is 225 g/mol. The van der Waals surface area contributed by atoms with Gasteiger partial charge in [-0.2, -0.15) is 5.10 Å². The molecule has 0 atom stereocenters. The highest BCUT2D eigenvalue weighted by Gasteiger charge is 2.23. The Morgan fingerprint density at radius 1 is 1.50 bits per heavy atom. The van der Waals surface area contributed by atoms with Gasteiger partial charge in [-0.3, -0.25) is 9.58 Å². The SMILES string of the molecule is CCc1cc(CN(C)C(C)(C)CO)n(C)n1. The van der Waals surface area contributed by atoms with Crippen LogP contribution in [-0.4, -0.2) is 39.0 Å². The van der Waals surface area contributed by atoms with Crippen molar-refractivity contribution in [2.45, 2.75) is 39.3 Å². The van der Waals surface area contributed by atoms with E-state index in [0.29, 0.717) is 0 Å². The van der Waals surface area contributed by atoms with Crippen molar-refractivity contribution in [2.24, 2.45) is 7.05 Å². The third kappa shape index (κ3) is 2.83. The molecule has 0 saturated heterocycles. The van der Waals surface area contributed by atoms with Crippen molar-refractivity contribution < 1.29 is 5.11 Å². The number of rotatable bonds is 5. The fourth-order valence-electron chi connectivity index (χ4n) is 1.47. The molecule has 0 bridgehead atoms. The standard InChI is InChI=1S/C12H23N3O/c1-6-10-7-11(15(5)13-10)8-14(4)12(2,3)9-16/h7,16H,6,8-9H2,1-5H3. The zero-order valence-electron chi connectivity index (χ0n) is 11.0. The van der Waals surface area contributed by atoms with Crippen molar-refractivity contribution in [1.29, 1.82) is 0 Å². The molecule has 4 heteroatoms. The Bertz CT molecular complexity index is 344. The molecule has 4 nitrogen and oxygen atoms in total. The van der Waals surface area contributed by atoms with E-state index in [1.165, 1.54) is 5.69 Å². The van der Waals surface area contributed by atoms with Gasteiger partial charge in [0.2, 0.25) is 0 Å². The van der Waals surface area contributed by atoms with Crippen LogP contribution < -0.4 is 0 Å². The van der Waals surface area contributed by atoms with Gasteiger partial charge in [-0.25, -0.2) is 0 Å². The molecule has 0 unspecified atom stereocenters. The first-order valence-electron chi connectivity index (χ1n) is 5.74. The lowest BCUT2D eigenvalue weighted by Gasteiger charge is -2.33. The Hall–Kier alpha value is -0.870. The second-order valence-electron chi connectivity index (χ2n) is 4.93. The van der Waals surface area contributed by atoms with E-state index in [-0.39, 0.29) is 12.1 Å². The lowest BCUT2D eigenvalue weighted by atomic mass is 10.1. The predicted octanol–water partition coefficient (Wildman–Crippen LogP) is 1.19. The maximum absolute atomic E-state index is 9.30. The Balaban J connectivity index is 2.76. The summed E-state index contributed by atoms with van der Waals surface area (Å²) < 4.78 is 1.92. The first kappa shape index (κ1) is 13.2. The maximum atomic E-state index is 9.30. The van der Waals surface area contributed by atoms with Crippen molar-refractivity contribution in [2.75, 3.05) is 13.7 Å². The third-order valence-electron chi connectivity index (χ3n) is 3.21. The Labute approximate surface area is 97.9 Å². The fourth-order valence-corrected chi connectivity index (χ4v) is 1.47. The molecule has 1 heterocycles. The molecule has 1 rings (SSSR count). The van der Waals surface area contributed by atoms with Crippen LogP contribution in [0.3, 0.4) is 0 Å². The normalized spacial score (nSPS) is 12.4. The van der Waals surface area contributed by atoms with Gasteiger partial charge < -0.3 is 5.11 Å². The van der Waals surface area contributed by atoms with Gasteiger partial charge in [0.05, 0.1) is 18.0 Å². The van der Waals surface area contributed by atoms with Crippen molar-refractivity contribution in [3.63, 3.8) is 0 Å². The van der Waals surface area contributed by atoms with E-state index in [9.17, 15) is 5.11 Å². The van der Waals surface area contributed by atoms with Crippen LogP contribution in [-0.2, 0) is 20.0 Å². The molecule has 16 heavy (non-hydrogen) atoms. The summed E-state index contributed by atoms with van der Waals surface area (Å²) in [6.07, 6.45) is 0.959. The minimum absolute atomic E-state index is 0.155. The highest BCUT2D eigenvalue weighted by molar-refractivity contribution is 5.10. The highest BCUT2D eigenvalue weighted by Crippen LogP contribution is 2.15. The van der Waals surface area contributed by atoms with Crippen molar-refractivity contribution in [3.05, 3.63) is 17.5 Å². The van der Waals surface area contributed by atoms with Crippen LogP contribution in [0.5, 0.6) is 0 Å². The van der Waals surface area contributed by atoms with Gasteiger partial charge in [0.25, 0.3) is 0 Å². The smallest absolute Gasteiger partial charge is 0.0625 e. The minimum atomic E-state index is -0.198. The molecule has 0 radical (unpaired) electrons. The van der Waals surface area contributed by atoms with E-state index in [0.717, 1.165) is 18.7 Å². The molecule has 0 saturated carbocycles. The van der Waals surface area contributed by atoms with Crippen LogP contribution in [0.1, 0.15) is 32.2 Å². The van der Waals surface area contributed by atoms with E-state index >= 15 is 0 Å². The van der Waals surface area contributed by atoms with Crippen LogP contribution in [0.4, 0.5) is 0 Å². The molecule has 0 spiro atoms. The summed E-state index contributed by atoms with van der Waals surface area (Å²) in [5.74, 6) is 0. The lowest BCUT2D eigenvalue weighted by Crippen LogP contribution is -2.43. The quantitative estimate of drug-likeness (QED) is 0.818. The number of hydrogen-bond donors (Lipinski definition) is 1. The van der Waals surface area contributed by atoms with Crippen LogP contribution in [0.15, 0.2) is 6.07 Å². The van der Waals surface area contributed by atoms with Gasteiger partial charge in [-0.15, -0.1) is 0 Å². The second-order valence-corrected chi connectivity index (χ2v) is 4.93. The molecule has 0 fully saturated rings. The van der Waals surface area contributed by atoms with Crippen molar-refractivity contribution in [3.8, 4) is 0 Å². The number of aromatic nitrogens is 2. The second kappa shape index (κ2) is 4.97. The Morgan fingerprint density at radius 2 is 2.12 bits per heavy atom. The molecule has 0 amide bonds. The first-order chi connectivity index (χ1) is 7.40. The predicted molar refractivity (Wildman–Crippen MR) is 65.2 cm³/mol. The average Bonchev–Trinajstić information content (AvgIpc) is 2.59. The summed E-state index contributed by atoms with van der Waals surface area (Å²) in [5.41, 5.74) is 2.10. The monoisotopic (exact) mass is 225 g/mol. The van der Waals surface area contributed by atoms with E-state index < -0.39 is 0 Å². The summed E-state index contributed by atoms with van der Waals surface area (Å²) in [6.45, 7) is 7.13. The summed E-state index contributed by atoms with van der Waals surface area (Å²) in [6, 6.07) is 2.13. The number of nitrogens with zero attached hydrogens (tertiary/aromatic N) is 3. The van der Waals surface area contributed by atoms with Gasteiger partial charge in [-0.05, 0) is 33.4 Å². The van der Waals surface area contributed by atoms with Gasteiger partial charge in [0.15, 0.2) is 0 Å². The number of aliphatic hydroxyl groups excluding tert-OH is 1. The molecule has 92 valence electrons. The third-order valence-corrected chi connectivity index (χ3v) is 3.21. The van der Waals surface area contributed by atoms with Crippen LogP contribution >= 0.6 is 0 Å². The van der Waals surface area contributed by atoms with E-state index in [1.54, 1.807) is 0 Å². The zero-order valence-corrected chi connectivity index (χ0v) is 11.0. The number of likely N-dealkylation sites (N-methyl/N-ethyl adjacent to an activating group) is 1. The molecular weight excluding hydrogens is 202 g/mol. The zero-order chi connectivity index (χ0) is 12.3. The van der Waals surface area contributed by atoms with E-state index in [4.69, 9.17) is 0 Å². The molecule has 0 aliphatic rings. The fraction of sp³-hybridized carbons (Fsp3) is 0.750. The van der Waals surface area contributed by atoms with Gasteiger partial charge in [-0.1, -0.05) is 6.92 Å². The van der Waals surface area contributed by atoms with Gasteiger partial charge in [0, 0.05) is 19.1 Å². The Morgan fingerprint density at radius 3 is 2.56 bits per heavy atom. The molecule has 0 aliphatic carbocycles. The molecule has 1 aromatic rings. The summed E-state index contributed by atoms with van der Waals surface area (Å²) >= 11 is 0. The van der Waals surface area contributed by atoms with Crippen LogP contribution in [0.25, 0.3) is 0 Å². The minimum Gasteiger partial charge on any atom is -0.394 e. The highest BCUT2D eigenvalue weighted by atomic mass is 16.3. The van der Waals surface area contributed by atoms with E-state index in [1.807, 2.05) is 32.6 Å². The van der Waals surface area contributed by atoms with Crippen molar-refractivity contribution in [1.82, 2.24) is 14.7 Å². The van der Waals surface area contributed by atoms with Crippen LogP contribution in [0, 0.1) is 0 Å².